The summed E-state index contributed by atoms with van der Waals surface area (Å²) in [4.78, 5) is 21.6. The van der Waals surface area contributed by atoms with Crippen molar-refractivity contribution in [3.63, 3.8) is 0 Å². The number of rotatable bonds is 11. The highest BCUT2D eigenvalue weighted by atomic mass is 16.5. The van der Waals surface area contributed by atoms with Gasteiger partial charge in [-0.1, -0.05) is 59.4 Å². The van der Waals surface area contributed by atoms with Crippen molar-refractivity contribution in [2.45, 2.75) is 80.1 Å². The first-order valence-electron chi connectivity index (χ1n) is 13.1. The van der Waals surface area contributed by atoms with Crippen molar-refractivity contribution in [2.24, 2.45) is 11.8 Å². The summed E-state index contributed by atoms with van der Waals surface area (Å²) in [5.41, 5.74) is 0.898. The molecule has 0 aliphatic heterocycles. The van der Waals surface area contributed by atoms with Crippen LogP contribution in [0, 0.1) is 11.8 Å². The first-order valence-corrected chi connectivity index (χ1v) is 13.1. The Morgan fingerprint density at radius 1 is 0.811 bits per heavy atom. The van der Waals surface area contributed by atoms with Crippen LogP contribution in [0.15, 0.2) is 75.9 Å². The molecule has 0 aromatic rings. The van der Waals surface area contributed by atoms with E-state index < -0.39 is 0 Å². The van der Waals surface area contributed by atoms with E-state index >= 15 is 0 Å². The quantitative estimate of drug-likeness (QED) is 0.117. The molecule has 0 saturated heterocycles. The molecule has 0 bridgehead atoms. The van der Waals surface area contributed by atoms with E-state index in [9.17, 15) is 9.59 Å². The minimum atomic E-state index is -0.327. The number of ether oxygens (including phenoxy) is 3. The molecule has 216 valence electrons. The van der Waals surface area contributed by atoms with Crippen molar-refractivity contribution in [3.8, 4) is 0 Å². The molecule has 2 unspecified atom stereocenters. The Bertz CT molecular complexity index is 575. The van der Waals surface area contributed by atoms with E-state index in [1.165, 1.54) is 25.7 Å². The largest absolute Gasteiger partial charge is 0.462 e. The molecule has 0 aromatic carbocycles. The number of hydrogen-bond donors (Lipinski definition) is 0. The monoisotopic (exact) mass is 522 g/mol. The van der Waals surface area contributed by atoms with Crippen molar-refractivity contribution in [3.05, 3.63) is 75.9 Å². The molecule has 0 saturated carbocycles. The lowest BCUT2D eigenvalue weighted by atomic mass is 9.92. The van der Waals surface area contributed by atoms with Gasteiger partial charge in [-0.2, -0.15) is 0 Å². The van der Waals surface area contributed by atoms with E-state index in [4.69, 9.17) is 14.2 Å². The maximum atomic E-state index is 11.0. The van der Waals surface area contributed by atoms with Crippen molar-refractivity contribution < 1.29 is 23.8 Å². The molecule has 5 nitrogen and oxygen atoms in total. The summed E-state index contributed by atoms with van der Waals surface area (Å²) in [6.07, 6.45) is 11.9. The number of carbonyl (C=O) groups is 2. The Balaban J connectivity index is -0.000000129. The van der Waals surface area contributed by atoms with Gasteiger partial charge in [0.2, 0.25) is 0 Å². The maximum Gasteiger partial charge on any atom is 0.333 e. The van der Waals surface area contributed by atoms with Crippen LogP contribution in [0.25, 0.3) is 0 Å². The van der Waals surface area contributed by atoms with Crippen molar-refractivity contribution in [1.82, 2.24) is 0 Å². The van der Waals surface area contributed by atoms with Gasteiger partial charge in [-0.05, 0) is 51.9 Å². The molecule has 0 fully saturated rings. The normalized spacial score (nSPS) is 13.2. The Labute approximate surface area is 230 Å². The molecule has 1 aliphatic carbocycles. The molecule has 37 heavy (non-hydrogen) atoms. The highest BCUT2D eigenvalue weighted by Crippen LogP contribution is 2.20. The molecule has 0 amide bonds. The highest BCUT2D eigenvalue weighted by molar-refractivity contribution is 5.87. The van der Waals surface area contributed by atoms with Crippen LogP contribution in [0.2, 0.25) is 0 Å². The number of allylic oxidation sites excluding steroid dienone is 2. The number of carbonyl (C=O) groups excluding carboxylic acids is 2. The van der Waals surface area contributed by atoms with Gasteiger partial charge in [0.1, 0.15) is 0 Å². The van der Waals surface area contributed by atoms with Gasteiger partial charge >= 0.3 is 11.9 Å². The average molecular weight is 523 g/mol. The molecule has 5 heteroatoms. The van der Waals surface area contributed by atoms with E-state index in [2.05, 4.69) is 78.6 Å². The van der Waals surface area contributed by atoms with Gasteiger partial charge in [0.05, 0.1) is 19.8 Å². The Morgan fingerprint density at radius 2 is 1.30 bits per heavy atom. The lowest BCUT2D eigenvalue weighted by Crippen LogP contribution is -2.16. The lowest BCUT2D eigenvalue weighted by Gasteiger charge is -2.13. The second-order valence-electron chi connectivity index (χ2n) is 8.03. The van der Waals surface area contributed by atoms with Gasteiger partial charge in [-0.25, -0.2) is 9.59 Å². The second kappa shape index (κ2) is 37.9. The Morgan fingerprint density at radius 3 is 1.65 bits per heavy atom. The van der Waals surface area contributed by atoms with Crippen molar-refractivity contribution >= 4 is 11.9 Å². The van der Waals surface area contributed by atoms with E-state index in [1.54, 1.807) is 13.8 Å². The molecular weight excluding hydrogens is 464 g/mol. The summed E-state index contributed by atoms with van der Waals surface area (Å²) in [6, 6.07) is 0. The number of hydrogen-bond acceptors (Lipinski definition) is 5. The third-order valence-corrected chi connectivity index (χ3v) is 4.34. The SMILES string of the molecule is C=C.C=C.C=C.C=C(C)C(=O)OCC(C)COCCC.C=C(C)C(=O)OCCC.CCC1CC=CCC1. The minimum Gasteiger partial charge on any atom is -0.462 e. The second-order valence-corrected chi connectivity index (χ2v) is 8.03. The number of esters is 2. The van der Waals surface area contributed by atoms with Crippen LogP contribution in [0.5, 0.6) is 0 Å². The first-order chi connectivity index (χ1) is 17.7. The molecule has 1 rings (SSSR count). The molecule has 0 radical (unpaired) electrons. The maximum absolute atomic E-state index is 11.0. The summed E-state index contributed by atoms with van der Waals surface area (Å²) in [7, 11) is 0. The van der Waals surface area contributed by atoms with Crippen LogP contribution in [0.3, 0.4) is 0 Å². The smallest absolute Gasteiger partial charge is 0.333 e. The van der Waals surface area contributed by atoms with Crippen LogP contribution in [0.4, 0.5) is 0 Å². The third-order valence-electron chi connectivity index (χ3n) is 4.34. The van der Waals surface area contributed by atoms with Crippen LogP contribution in [0.1, 0.15) is 80.1 Å². The topological polar surface area (TPSA) is 61.8 Å². The summed E-state index contributed by atoms with van der Waals surface area (Å²) in [5.74, 6) is 0.619. The summed E-state index contributed by atoms with van der Waals surface area (Å²) in [6.45, 7) is 38.8. The van der Waals surface area contributed by atoms with Crippen LogP contribution in [-0.4, -0.2) is 38.4 Å². The van der Waals surface area contributed by atoms with Crippen LogP contribution < -0.4 is 0 Å². The van der Waals surface area contributed by atoms with Crippen molar-refractivity contribution in [1.29, 1.82) is 0 Å². The molecule has 0 spiro atoms. The fraction of sp³-hybridized carbons (Fsp3) is 0.562. The fourth-order valence-electron chi connectivity index (χ4n) is 2.36. The molecule has 0 N–H and O–H groups in total. The lowest BCUT2D eigenvalue weighted by molar-refractivity contribution is -0.141. The van der Waals surface area contributed by atoms with Crippen LogP contribution in [-0.2, 0) is 23.8 Å². The zero-order valence-corrected chi connectivity index (χ0v) is 25.1. The zero-order valence-electron chi connectivity index (χ0n) is 25.1. The third kappa shape index (κ3) is 38.0. The minimum absolute atomic E-state index is 0.241. The van der Waals surface area contributed by atoms with Gasteiger partial charge in [0.15, 0.2) is 0 Å². The molecule has 0 heterocycles. The first kappa shape index (κ1) is 44.3. The Kier molecular flexibility index (Phi) is 45.4. The van der Waals surface area contributed by atoms with Gasteiger partial charge in [-0.3, -0.25) is 0 Å². The average Bonchev–Trinajstić information content (AvgIpc) is 2.94. The van der Waals surface area contributed by atoms with Crippen molar-refractivity contribution in [2.75, 3.05) is 26.4 Å². The predicted octanol–water partition coefficient (Wildman–Crippen LogP) is 8.84. The Hall–Kier alpha value is -2.66. The molecule has 0 aromatic heterocycles. The molecule has 2 atom stereocenters. The van der Waals surface area contributed by atoms with E-state index in [1.807, 2.05) is 13.8 Å². The van der Waals surface area contributed by atoms with E-state index in [-0.39, 0.29) is 17.9 Å². The van der Waals surface area contributed by atoms with Gasteiger partial charge in [-0.15, -0.1) is 39.5 Å². The van der Waals surface area contributed by atoms with E-state index in [0.717, 1.165) is 25.4 Å². The van der Waals surface area contributed by atoms with Gasteiger partial charge < -0.3 is 14.2 Å². The van der Waals surface area contributed by atoms with Crippen LogP contribution >= 0.6 is 0 Å². The summed E-state index contributed by atoms with van der Waals surface area (Å²) < 4.78 is 15.0. The standard InChI is InChI=1S/C11H20O3.C8H14.C7H12O2.3C2H4/c1-5-6-13-7-10(4)8-14-11(12)9(2)3;1-2-8-6-4-3-5-7-8;1-4-5-9-7(8)6(2)3;3*1-2/h10H,2,5-8H2,1,3-4H3;3-4,8H,2,5-7H2,1H3;2,4-5H2,1,3H3;3*1-2H2. The summed E-state index contributed by atoms with van der Waals surface area (Å²) >= 11 is 0. The zero-order chi connectivity index (χ0) is 30.1. The van der Waals surface area contributed by atoms with Gasteiger partial charge in [0.25, 0.3) is 0 Å². The molecular formula is C32H58O5. The summed E-state index contributed by atoms with van der Waals surface area (Å²) in [5, 5.41) is 0. The molecule has 1 aliphatic rings. The fourth-order valence-corrected chi connectivity index (χ4v) is 2.36. The van der Waals surface area contributed by atoms with Gasteiger partial charge in [0, 0.05) is 23.7 Å². The highest BCUT2D eigenvalue weighted by Gasteiger charge is 2.07. The predicted molar refractivity (Wildman–Crippen MR) is 163 cm³/mol. The van der Waals surface area contributed by atoms with E-state index in [0.29, 0.717) is 31.0 Å².